The number of hydrogen-bond donors (Lipinski definition) is 1. The molecule has 0 radical (unpaired) electrons. The Balaban J connectivity index is 2.06. The van der Waals surface area contributed by atoms with Gasteiger partial charge in [-0.3, -0.25) is 0 Å². The molecule has 0 amide bonds. The number of pyridine rings is 1. The molecule has 1 N–H and O–H groups in total. The highest BCUT2D eigenvalue weighted by atomic mass is 127. The lowest BCUT2D eigenvalue weighted by Crippen LogP contribution is -2.03. The van der Waals surface area contributed by atoms with Gasteiger partial charge in [0.15, 0.2) is 11.6 Å². The van der Waals surface area contributed by atoms with Gasteiger partial charge in [0.25, 0.3) is 0 Å². The van der Waals surface area contributed by atoms with E-state index in [0.717, 1.165) is 31.9 Å². The minimum absolute atomic E-state index is 0.0542. The Labute approximate surface area is 139 Å². The Morgan fingerprint density at radius 1 is 1.23 bits per heavy atom. The van der Waals surface area contributed by atoms with Crippen molar-refractivity contribution in [1.29, 1.82) is 0 Å². The smallest absolute Gasteiger partial charge is 0.159 e. The Kier molecular flexibility index (Phi) is 4.14. The molecule has 2 aromatic heterocycles. The van der Waals surface area contributed by atoms with Crippen LogP contribution in [0, 0.1) is 22.1 Å². The molecule has 1 aromatic carbocycles. The van der Waals surface area contributed by atoms with E-state index in [2.05, 4.69) is 27.6 Å². The number of hydrogen-bond acceptors (Lipinski definition) is 2. The van der Waals surface area contributed by atoms with Crippen LogP contribution in [0.2, 0.25) is 0 Å². The van der Waals surface area contributed by atoms with Gasteiger partial charge in [-0.05, 0) is 53.3 Å². The maximum Gasteiger partial charge on any atom is 0.159 e. The van der Waals surface area contributed by atoms with Crippen molar-refractivity contribution in [3.8, 4) is 0 Å². The second-order valence-corrected chi connectivity index (χ2v) is 6.16. The van der Waals surface area contributed by atoms with Crippen molar-refractivity contribution in [3.05, 3.63) is 62.5 Å². The van der Waals surface area contributed by atoms with Crippen molar-refractivity contribution in [3.63, 3.8) is 0 Å². The summed E-state index contributed by atoms with van der Waals surface area (Å²) in [6.45, 7) is 2.20. The third-order valence-electron chi connectivity index (χ3n) is 3.64. The van der Waals surface area contributed by atoms with Gasteiger partial charge in [0.1, 0.15) is 5.65 Å². The topological polar surface area (TPSA) is 38.0 Å². The molecule has 0 unspecified atom stereocenters. The number of aromatic nitrogens is 2. The van der Waals surface area contributed by atoms with Crippen LogP contribution < -0.4 is 0 Å². The van der Waals surface area contributed by atoms with Crippen molar-refractivity contribution >= 4 is 33.6 Å². The van der Waals surface area contributed by atoms with Gasteiger partial charge in [-0.2, -0.15) is 0 Å². The lowest BCUT2D eigenvalue weighted by atomic mass is 10.2. The summed E-state index contributed by atoms with van der Waals surface area (Å²) < 4.78 is 29.2. The summed E-state index contributed by atoms with van der Waals surface area (Å²) in [6.07, 6.45) is 1.86. The summed E-state index contributed by atoms with van der Waals surface area (Å²) in [7, 11) is 0. The summed E-state index contributed by atoms with van der Waals surface area (Å²) in [5.41, 5.74) is 3.02. The lowest BCUT2D eigenvalue weighted by molar-refractivity contribution is 0.280. The van der Waals surface area contributed by atoms with E-state index in [-0.39, 0.29) is 6.61 Å². The molecule has 0 saturated carbocycles. The predicted octanol–water partition coefficient (Wildman–Crippen LogP) is 3.77. The van der Waals surface area contributed by atoms with E-state index >= 15 is 0 Å². The predicted molar refractivity (Wildman–Crippen MR) is 88.6 cm³/mol. The van der Waals surface area contributed by atoms with Gasteiger partial charge in [0.2, 0.25) is 0 Å². The van der Waals surface area contributed by atoms with Crippen molar-refractivity contribution in [2.24, 2.45) is 0 Å². The van der Waals surface area contributed by atoms with E-state index in [1.165, 1.54) is 6.07 Å². The van der Waals surface area contributed by atoms with Gasteiger partial charge < -0.3 is 9.67 Å². The number of halogens is 3. The molecule has 3 rings (SSSR count). The fourth-order valence-electron chi connectivity index (χ4n) is 2.45. The fourth-order valence-corrected chi connectivity index (χ4v) is 3.44. The third kappa shape index (κ3) is 2.61. The molecule has 22 heavy (non-hydrogen) atoms. The van der Waals surface area contributed by atoms with Crippen LogP contribution in [0.4, 0.5) is 8.78 Å². The SMILES string of the molecule is Cc1nc2c(ccn2Cc2ccc(F)c(F)c2)c(I)c1CO. The zero-order valence-corrected chi connectivity index (χ0v) is 13.9. The molecule has 3 nitrogen and oxygen atoms in total. The molecule has 0 spiro atoms. The van der Waals surface area contributed by atoms with Gasteiger partial charge in [-0.25, -0.2) is 13.8 Å². The summed E-state index contributed by atoms with van der Waals surface area (Å²) in [4.78, 5) is 4.53. The number of aliphatic hydroxyl groups is 1. The Morgan fingerprint density at radius 2 is 2.00 bits per heavy atom. The van der Waals surface area contributed by atoms with Crippen LogP contribution in [0.5, 0.6) is 0 Å². The van der Waals surface area contributed by atoms with Crippen LogP contribution in [0.25, 0.3) is 11.0 Å². The molecule has 0 saturated heterocycles. The summed E-state index contributed by atoms with van der Waals surface area (Å²) in [5, 5.41) is 10.4. The second-order valence-electron chi connectivity index (χ2n) is 5.08. The molecule has 0 aliphatic carbocycles. The Morgan fingerprint density at radius 3 is 2.68 bits per heavy atom. The minimum Gasteiger partial charge on any atom is -0.392 e. The fraction of sp³-hybridized carbons (Fsp3) is 0.188. The number of nitrogens with zero attached hydrogens (tertiary/aromatic N) is 2. The average Bonchev–Trinajstić information content (AvgIpc) is 2.86. The number of aliphatic hydroxyl groups excluding tert-OH is 1. The van der Waals surface area contributed by atoms with Crippen molar-refractivity contribution in [1.82, 2.24) is 9.55 Å². The van der Waals surface area contributed by atoms with Gasteiger partial charge in [0, 0.05) is 33.0 Å². The van der Waals surface area contributed by atoms with E-state index in [1.807, 2.05) is 23.8 Å². The van der Waals surface area contributed by atoms with Crippen LogP contribution in [0.3, 0.4) is 0 Å². The van der Waals surface area contributed by atoms with Gasteiger partial charge in [0.05, 0.1) is 6.61 Å². The highest BCUT2D eigenvalue weighted by Crippen LogP contribution is 2.26. The van der Waals surface area contributed by atoms with E-state index < -0.39 is 11.6 Å². The van der Waals surface area contributed by atoms with E-state index in [4.69, 9.17) is 0 Å². The second kappa shape index (κ2) is 5.92. The van der Waals surface area contributed by atoms with E-state index in [9.17, 15) is 13.9 Å². The molecule has 2 heterocycles. The van der Waals surface area contributed by atoms with Crippen LogP contribution in [-0.2, 0) is 13.2 Å². The molecule has 0 atom stereocenters. The average molecular weight is 414 g/mol. The third-order valence-corrected chi connectivity index (χ3v) is 4.87. The molecule has 0 aliphatic rings. The first-order chi connectivity index (χ1) is 10.5. The Hall–Kier alpha value is -1.54. The molecule has 0 aliphatic heterocycles. The zero-order valence-electron chi connectivity index (χ0n) is 11.8. The lowest BCUT2D eigenvalue weighted by Gasteiger charge is -2.10. The number of rotatable bonds is 3. The number of benzene rings is 1. The highest BCUT2D eigenvalue weighted by Gasteiger charge is 2.13. The van der Waals surface area contributed by atoms with E-state index in [1.54, 1.807) is 6.07 Å². The van der Waals surface area contributed by atoms with Crippen molar-refractivity contribution in [2.75, 3.05) is 0 Å². The summed E-state index contributed by atoms with van der Waals surface area (Å²) >= 11 is 2.20. The monoisotopic (exact) mass is 414 g/mol. The van der Waals surface area contributed by atoms with Crippen LogP contribution in [0.15, 0.2) is 30.5 Å². The van der Waals surface area contributed by atoms with Crippen LogP contribution in [0.1, 0.15) is 16.8 Å². The summed E-state index contributed by atoms with van der Waals surface area (Å²) in [5.74, 6) is -1.70. The first kappa shape index (κ1) is 15.4. The van der Waals surface area contributed by atoms with Crippen LogP contribution in [-0.4, -0.2) is 14.7 Å². The zero-order chi connectivity index (χ0) is 15.9. The number of fused-ring (bicyclic) bond motifs is 1. The molecule has 6 heteroatoms. The molecule has 0 fully saturated rings. The molecule has 0 bridgehead atoms. The van der Waals surface area contributed by atoms with Crippen LogP contribution >= 0.6 is 22.6 Å². The first-order valence-corrected chi connectivity index (χ1v) is 7.77. The standard InChI is InChI=1S/C16H13F2IN2O/c1-9-12(8-22)15(19)11-4-5-21(16(11)20-9)7-10-2-3-13(17)14(18)6-10/h2-6,22H,7-8H2,1H3. The normalized spacial score (nSPS) is 11.3. The van der Waals surface area contributed by atoms with Crippen molar-refractivity contribution in [2.45, 2.75) is 20.1 Å². The molecular formula is C16H13F2IN2O. The first-order valence-electron chi connectivity index (χ1n) is 6.70. The maximum absolute atomic E-state index is 13.3. The Bertz CT molecular complexity index is 861. The highest BCUT2D eigenvalue weighted by molar-refractivity contribution is 14.1. The van der Waals surface area contributed by atoms with Gasteiger partial charge in [-0.15, -0.1) is 0 Å². The summed E-state index contributed by atoms with van der Waals surface area (Å²) in [6, 6.07) is 5.80. The molecule has 3 aromatic rings. The van der Waals surface area contributed by atoms with Gasteiger partial charge in [-0.1, -0.05) is 6.07 Å². The molecular weight excluding hydrogens is 401 g/mol. The number of aryl methyl sites for hydroxylation is 1. The molecule has 114 valence electrons. The van der Waals surface area contributed by atoms with Gasteiger partial charge >= 0.3 is 0 Å². The van der Waals surface area contributed by atoms with Crippen molar-refractivity contribution < 1.29 is 13.9 Å². The largest absolute Gasteiger partial charge is 0.392 e. The maximum atomic E-state index is 13.3. The quantitative estimate of drug-likeness (QED) is 0.663. The minimum atomic E-state index is -0.852. The van der Waals surface area contributed by atoms with E-state index in [0.29, 0.717) is 12.1 Å².